The van der Waals surface area contributed by atoms with E-state index in [0.717, 1.165) is 12.5 Å². The molecule has 2 atom stereocenters. The van der Waals surface area contributed by atoms with Gasteiger partial charge in [0.1, 0.15) is 0 Å². The molecule has 104 valence electrons. The number of rotatable bonds is 5. The summed E-state index contributed by atoms with van der Waals surface area (Å²) in [6.07, 6.45) is 2.97. The van der Waals surface area contributed by atoms with E-state index >= 15 is 0 Å². The third-order valence-corrected chi connectivity index (χ3v) is 3.94. The van der Waals surface area contributed by atoms with Crippen LogP contribution in [0.1, 0.15) is 33.1 Å². The van der Waals surface area contributed by atoms with Crippen molar-refractivity contribution in [3.8, 4) is 0 Å². The Hall–Kier alpha value is -0.680. The number of likely N-dealkylation sites (N-methyl/N-ethyl adjacent to an activating group) is 1. The van der Waals surface area contributed by atoms with Crippen LogP contribution in [-0.4, -0.2) is 53.4 Å². The minimum Gasteiger partial charge on any atom is -0.393 e. The zero-order valence-electron chi connectivity index (χ0n) is 11.7. The molecule has 0 aromatic rings. The minimum atomic E-state index is 0.160. The smallest absolute Gasteiger partial charge is 0.236 e. The highest BCUT2D eigenvalue weighted by molar-refractivity contribution is 7.80. The van der Waals surface area contributed by atoms with Crippen LogP contribution in [0.3, 0.4) is 0 Å². The number of nitrogens with two attached hydrogens (primary N) is 1. The molecule has 0 aliphatic carbocycles. The summed E-state index contributed by atoms with van der Waals surface area (Å²) in [6, 6.07) is 0.502. The molecule has 0 aromatic carbocycles. The third kappa shape index (κ3) is 4.90. The lowest BCUT2D eigenvalue weighted by molar-refractivity contribution is -0.132. The topological polar surface area (TPSA) is 49.6 Å². The molecule has 0 spiro atoms. The average molecular weight is 271 g/mol. The van der Waals surface area contributed by atoms with Gasteiger partial charge < -0.3 is 10.6 Å². The van der Waals surface area contributed by atoms with Crippen LogP contribution in [0.4, 0.5) is 0 Å². The normalized spacial score (nSPS) is 24.8. The summed E-state index contributed by atoms with van der Waals surface area (Å²) in [6.45, 7) is 6.65. The summed E-state index contributed by atoms with van der Waals surface area (Å²) < 4.78 is 0. The van der Waals surface area contributed by atoms with E-state index < -0.39 is 0 Å². The molecule has 1 fully saturated rings. The predicted molar refractivity (Wildman–Crippen MR) is 78.5 cm³/mol. The van der Waals surface area contributed by atoms with Crippen LogP contribution in [-0.2, 0) is 4.79 Å². The maximum atomic E-state index is 12.1. The molecule has 1 heterocycles. The van der Waals surface area contributed by atoms with Gasteiger partial charge in [0, 0.05) is 26.1 Å². The number of amides is 1. The Morgan fingerprint density at radius 3 is 2.72 bits per heavy atom. The Morgan fingerprint density at radius 1 is 1.50 bits per heavy atom. The molecular formula is C13H25N3OS. The summed E-state index contributed by atoms with van der Waals surface area (Å²) in [7, 11) is 1.82. The van der Waals surface area contributed by atoms with Crippen molar-refractivity contribution < 1.29 is 4.79 Å². The standard InChI is InChI=1S/C13H25N3OS/c1-10-4-7-16(11(2)8-10)9-13(17)15(3)6-5-12(14)18/h10-11H,4-9H2,1-3H3,(H2,14,18). The van der Waals surface area contributed by atoms with Crippen molar-refractivity contribution in [2.24, 2.45) is 11.7 Å². The Bertz CT molecular complexity index is 309. The maximum absolute atomic E-state index is 12.1. The molecule has 5 heteroatoms. The van der Waals surface area contributed by atoms with Gasteiger partial charge in [0.05, 0.1) is 11.5 Å². The van der Waals surface area contributed by atoms with Crippen LogP contribution >= 0.6 is 12.2 Å². The monoisotopic (exact) mass is 271 g/mol. The zero-order valence-corrected chi connectivity index (χ0v) is 12.5. The van der Waals surface area contributed by atoms with Gasteiger partial charge in [-0.25, -0.2) is 0 Å². The number of hydrogen-bond donors (Lipinski definition) is 1. The van der Waals surface area contributed by atoms with E-state index in [-0.39, 0.29) is 5.91 Å². The lowest BCUT2D eigenvalue weighted by Crippen LogP contribution is -2.46. The number of nitrogens with zero attached hydrogens (tertiary/aromatic N) is 2. The van der Waals surface area contributed by atoms with Gasteiger partial charge >= 0.3 is 0 Å². The van der Waals surface area contributed by atoms with Crippen LogP contribution in [0.25, 0.3) is 0 Å². The second-order valence-electron chi connectivity index (χ2n) is 5.48. The van der Waals surface area contributed by atoms with Gasteiger partial charge in [-0.3, -0.25) is 9.69 Å². The summed E-state index contributed by atoms with van der Waals surface area (Å²) in [5.41, 5.74) is 5.45. The van der Waals surface area contributed by atoms with Crippen LogP contribution in [0, 0.1) is 5.92 Å². The van der Waals surface area contributed by atoms with Crippen LogP contribution in [0.15, 0.2) is 0 Å². The van der Waals surface area contributed by atoms with E-state index in [9.17, 15) is 4.79 Å². The highest BCUT2D eigenvalue weighted by Crippen LogP contribution is 2.21. The fourth-order valence-corrected chi connectivity index (χ4v) is 2.48. The molecule has 0 bridgehead atoms. The Labute approximate surface area is 115 Å². The highest BCUT2D eigenvalue weighted by Gasteiger charge is 2.25. The van der Waals surface area contributed by atoms with Gasteiger partial charge in [0.25, 0.3) is 0 Å². The number of likely N-dealkylation sites (tertiary alicyclic amines) is 1. The second kappa shape index (κ2) is 7.04. The van der Waals surface area contributed by atoms with Crippen molar-refractivity contribution in [2.75, 3.05) is 26.7 Å². The first-order valence-corrected chi connectivity index (χ1v) is 7.07. The molecule has 2 N–H and O–H groups in total. The van der Waals surface area contributed by atoms with E-state index in [2.05, 4.69) is 18.7 Å². The lowest BCUT2D eigenvalue weighted by atomic mass is 9.93. The molecule has 18 heavy (non-hydrogen) atoms. The van der Waals surface area contributed by atoms with E-state index in [4.69, 9.17) is 18.0 Å². The summed E-state index contributed by atoms with van der Waals surface area (Å²) in [5.74, 6) is 0.936. The van der Waals surface area contributed by atoms with E-state index in [1.54, 1.807) is 4.90 Å². The molecule has 1 aliphatic rings. The average Bonchev–Trinajstić information content (AvgIpc) is 2.29. The minimum absolute atomic E-state index is 0.160. The fraction of sp³-hybridized carbons (Fsp3) is 0.846. The van der Waals surface area contributed by atoms with Crippen molar-refractivity contribution in [1.29, 1.82) is 0 Å². The predicted octanol–water partition coefficient (Wildman–Crippen LogP) is 1.24. The molecule has 1 rings (SSSR count). The first-order chi connectivity index (χ1) is 8.40. The largest absolute Gasteiger partial charge is 0.393 e. The van der Waals surface area contributed by atoms with Crippen LogP contribution < -0.4 is 5.73 Å². The number of hydrogen-bond acceptors (Lipinski definition) is 3. The number of piperidine rings is 1. The molecule has 1 amide bonds. The Balaban J connectivity index is 2.37. The molecule has 0 saturated carbocycles. The van der Waals surface area contributed by atoms with E-state index in [1.165, 1.54) is 12.8 Å². The Kier molecular flexibility index (Phi) is 6.02. The highest BCUT2D eigenvalue weighted by atomic mass is 32.1. The van der Waals surface area contributed by atoms with Gasteiger partial charge in [-0.2, -0.15) is 0 Å². The van der Waals surface area contributed by atoms with Crippen molar-refractivity contribution >= 4 is 23.1 Å². The van der Waals surface area contributed by atoms with Gasteiger partial charge in [-0.15, -0.1) is 0 Å². The number of carbonyl (C=O) groups excluding carboxylic acids is 1. The molecule has 2 unspecified atom stereocenters. The third-order valence-electron chi connectivity index (χ3n) is 3.73. The second-order valence-corrected chi connectivity index (χ2v) is 6.01. The summed E-state index contributed by atoms with van der Waals surface area (Å²) in [4.78, 5) is 16.5. The fourth-order valence-electron chi connectivity index (χ4n) is 2.39. The molecule has 1 aliphatic heterocycles. The summed E-state index contributed by atoms with van der Waals surface area (Å²) in [5, 5.41) is 0. The van der Waals surface area contributed by atoms with Crippen molar-refractivity contribution in [2.45, 2.75) is 39.2 Å². The molecular weight excluding hydrogens is 246 g/mol. The molecule has 0 radical (unpaired) electrons. The van der Waals surface area contributed by atoms with Gasteiger partial charge in [0.15, 0.2) is 0 Å². The first-order valence-electron chi connectivity index (χ1n) is 6.66. The number of carbonyl (C=O) groups is 1. The van der Waals surface area contributed by atoms with Crippen molar-refractivity contribution in [1.82, 2.24) is 9.80 Å². The van der Waals surface area contributed by atoms with Crippen LogP contribution in [0.2, 0.25) is 0 Å². The maximum Gasteiger partial charge on any atom is 0.236 e. The lowest BCUT2D eigenvalue weighted by Gasteiger charge is -2.36. The van der Waals surface area contributed by atoms with E-state index in [0.29, 0.717) is 30.5 Å². The molecule has 0 aromatic heterocycles. The van der Waals surface area contributed by atoms with Crippen molar-refractivity contribution in [3.63, 3.8) is 0 Å². The molecule has 1 saturated heterocycles. The zero-order chi connectivity index (χ0) is 13.7. The van der Waals surface area contributed by atoms with E-state index in [1.807, 2.05) is 7.05 Å². The van der Waals surface area contributed by atoms with Gasteiger partial charge in [-0.05, 0) is 32.2 Å². The number of thiocarbonyl (C=S) groups is 1. The Morgan fingerprint density at radius 2 is 2.17 bits per heavy atom. The molecule has 4 nitrogen and oxygen atoms in total. The summed E-state index contributed by atoms with van der Waals surface area (Å²) >= 11 is 4.82. The van der Waals surface area contributed by atoms with Gasteiger partial charge in [0.2, 0.25) is 5.91 Å². The van der Waals surface area contributed by atoms with Gasteiger partial charge in [-0.1, -0.05) is 19.1 Å². The first kappa shape index (κ1) is 15.4. The SMILES string of the molecule is CC1CCN(CC(=O)N(C)CCC(N)=S)C(C)C1. The van der Waals surface area contributed by atoms with Crippen molar-refractivity contribution in [3.05, 3.63) is 0 Å². The van der Waals surface area contributed by atoms with Crippen LogP contribution in [0.5, 0.6) is 0 Å². The quantitative estimate of drug-likeness (QED) is 0.764.